The van der Waals surface area contributed by atoms with Crippen molar-refractivity contribution in [2.75, 3.05) is 6.61 Å². The highest BCUT2D eigenvalue weighted by atomic mass is 79.9. The van der Waals surface area contributed by atoms with Crippen molar-refractivity contribution in [2.45, 2.75) is 39.1 Å². The minimum atomic E-state index is -4.17. The minimum absolute atomic E-state index is 0.0797. The van der Waals surface area contributed by atoms with E-state index in [4.69, 9.17) is 4.74 Å². The van der Waals surface area contributed by atoms with E-state index in [0.717, 1.165) is 4.47 Å². The van der Waals surface area contributed by atoms with Gasteiger partial charge in [0.2, 0.25) is 0 Å². The molecule has 0 radical (unpaired) electrons. The molecule has 0 saturated heterocycles. The number of alkyl halides is 3. The summed E-state index contributed by atoms with van der Waals surface area (Å²) >= 11 is 3.29. The summed E-state index contributed by atoms with van der Waals surface area (Å²) in [6, 6.07) is 0.204. The van der Waals surface area contributed by atoms with E-state index < -0.39 is 12.6 Å². The molecule has 1 rings (SSSR count). The van der Waals surface area contributed by atoms with Gasteiger partial charge in [0.25, 0.3) is 0 Å². The molecule has 0 aliphatic rings. The molecule has 0 aliphatic heterocycles. The van der Waals surface area contributed by atoms with E-state index in [-0.39, 0.29) is 19.3 Å². The first kappa shape index (κ1) is 14.5. The number of halogens is 4. The first-order valence-electron chi connectivity index (χ1n) is 5.17. The lowest BCUT2D eigenvalue weighted by molar-refractivity contribution is -0.146. The Labute approximate surface area is 106 Å². The van der Waals surface area contributed by atoms with Crippen molar-refractivity contribution >= 4 is 15.9 Å². The van der Waals surface area contributed by atoms with Gasteiger partial charge in [0.1, 0.15) is 5.69 Å². The first-order chi connectivity index (χ1) is 7.79. The van der Waals surface area contributed by atoms with Gasteiger partial charge < -0.3 is 4.74 Å². The average molecular weight is 315 g/mol. The van der Waals surface area contributed by atoms with E-state index in [1.165, 1.54) is 0 Å². The zero-order chi connectivity index (χ0) is 13.1. The Kier molecular flexibility index (Phi) is 5.00. The molecule has 3 nitrogen and oxygen atoms in total. The lowest BCUT2D eigenvalue weighted by Gasteiger charge is -2.06. The van der Waals surface area contributed by atoms with Crippen LogP contribution >= 0.6 is 15.9 Å². The molecule has 0 atom stereocenters. The van der Waals surface area contributed by atoms with Crippen molar-refractivity contribution in [1.82, 2.24) is 9.78 Å². The highest BCUT2D eigenvalue weighted by Crippen LogP contribution is 2.21. The fraction of sp³-hybridized carbons (Fsp3) is 0.700. The molecule has 1 heterocycles. The predicted molar refractivity (Wildman–Crippen MR) is 60.6 cm³/mol. The SMILES string of the molecule is CC(C)n1cc(Br)c(COCCC(F)(F)F)n1. The molecule has 0 unspecified atom stereocenters. The van der Waals surface area contributed by atoms with Gasteiger partial charge in [0, 0.05) is 12.2 Å². The first-order valence-corrected chi connectivity index (χ1v) is 5.97. The van der Waals surface area contributed by atoms with E-state index in [1.807, 2.05) is 13.8 Å². The van der Waals surface area contributed by atoms with Crippen LogP contribution in [0.4, 0.5) is 13.2 Å². The summed E-state index contributed by atoms with van der Waals surface area (Å²) in [6.45, 7) is 3.67. The fourth-order valence-corrected chi connectivity index (χ4v) is 1.53. The second-order valence-corrected chi connectivity index (χ2v) is 4.77. The van der Waals surface area contributed by atoms with Crippen molar-refractivity contribution in [1.29, 1.82) is 0 Å². The molecule has 98 valence electrons. The van der Waals surface area contributed by atoms with Gasteiger partial charge in [0.05, 0.1) is 24.1 Å². The van der Waals surface area contributed by atoms with E-state index in [2.05, 4.69) is 21.0 Å². The number of ether oxygens (including phenoxy) is 1. The Balaban J connectivity index is 2.42. The van der Waals surface area contributed by atoms with Crippen LogP contribution in [-0.2, 0) is 11.3 Å². The lowest BCUT2D eigenvalue weighted by Crippen LogP contribution is -2.11. The molecule has 0 N–H and O–H groups in total. The smallest absolute Gasteiger partial charge is 0.375 e. The zero-order valence-corrected chi connectivity index (χ0v) is 11.2. The summed E-state index contributed by atoms with van der Waals surface area (Å²) in [5.41, 5.74) is 0.612. The van der Waals surface area contributed by atoms with Crippen molar-refractivity contribution in [2.24, 2.45) is 0 Å². The molecule has 1 aromatic heterocycles. The maximum Gasteiger partial charge on any atom is 0.391 e. The third kappa shape index (κ3) is 5.08. The number of rotatable bonds is 5. The molecule has 7 heteroatoms. The van der Waals surface area contributed by atoms with Gasteiger partial charge in [-0.15, -0.1) is 0 Å². The molecule has 17 heavy (non-hydrogen) atoms. The molecule has 0 fully saturated rings. The Morgan fingerprint density at radius 3 is 2.59 bits per heavy atom. The highest BCUT2D eigenvalue weighted by molar-refractivity contribution is 9.10. The number of nitrogens with zero attached hydrogens (tertiary/aromatic N) is 2. The molecular formula is C10H14BrF3N2O. The normalized spacial score (nSPS) is 12.4. The number of hydrogen-bond acceptors (Lipinski definition) is 2. The van der Waals surface area contributed by atoms with Gasteiger partial charge in [-0.1, -0.05) is 0 Å². The van der Waals surface area contributed by atoms with Crippen LogP contribution in [0.2, 0.25) is 0 Å². The predicted octanol–water partition coefficient (Wildman–Crippen LogP) is 3.70. The van der Waals surface area contributed by atoms with E-state index in [9.17, 15) is 13.2 Å². The third-order valence-electron chi connectivity index (χ3n) is 2.06. The van der Waals surface area contributed by atoms with Crippen LogP contribution in [0.1, 0.15) is 32.0 Å². The van der Waals surface area contributed by atoms with Gasteiger partial charge in [-0.2, -0.15) is 18.3 Å². The van der Waals surface area contributed by atoms with Crippen LogP contribution in [0, 0.1) is 0 Å². The Morgan fingerprint density at radius 2 is 2.12 bits per heavy atom. The van der Waals surface area contributed by atoms with Crippen molar-refractivity contribution in [3.05, 3.63) is 16.4 Å². The van der Waals surface area contributed by atoms with Crippen LogP contribution in [0.5, 0.6) is 0 Å². The maximum absolute atomic E-state index is 11.9. The van der Waals surface area contributed by atoms with E-state index in [0.29, 0.717) is 5.69 Å². The molecular weight excluding hydrogens is 301 g/mol. The molecule has 0 saturated carbocycles. The standard InChI is InChI=1S/C10H14BrF3N2O/c1-7(2)16-5-8(11)9(15-16)6-17-4-3-10(12,13)14/h5,7H,3-4,6H2,1-2H3. The summed E-state index contributed by atoms with van der Waals surface area (Å²) in [4.78, 5) is 0. The van der Waals surface area contributed by atoms with Crippen molar-refractivity contribution in [3.8, 4) is 0 Å². The van der Waals surface area contributed by atoms with Crippen LogP contribution < -0.4 is 0 Å². The van der Waals surface area contributed by atoms with E-state index in [1.54, 1.807) is 10.9 Å². The van der Waals surface area contributed by atoms with Gasteiger partial charge in [-0.3, -0.25) is 4.68 Å². The highest BCUT2D eigenvalue weighted by Gasteiger charge is 2.26. The quantitative estimate of drug-likeness (QED) is 0.775. The summed E-state index contributed by atoms with van der Waals surface area (Å²) < 4.78 is 43.0. The van der Waals surface area contributed by atoms with E-state index >= 15 is 0 Å². The largest absolute Gasteiger partial charge is 0.391 e. The van der Waals surface area contributed by atoms with Gasteiger partial charge in [0.15, 0.2) is 0 Å². The molecule has 0 bridgehead atoms. The topological polar surface area (TPSA) is 27.1 Å². The van der Waals surface area contributed by atoms with Crippen LogP contribution in [-0.4, -0.2) is 22.6 Å². The number of aromatic nitrogens is 2. The summed E-state index contributed by atoms with van der Waals surface area (Å²) in [5.74, 6) is 0. The van der Waals surface area contributed by atoms with Crippen molar-refractivity contribution in [3.63, 3.8) is 0 Å². The minimum Gasteiger partial charge on any atom is -0.375 e. The monoisotopic (exact) mass is 314 g/mol. The lowest BCUT2D eigenvalue weighted by atomic mass is 10.4. The summed E-state index contributed by atoms with van der Waals surface area (Å²) in [5, 5.41) is 4.21. The Hall–Kier alpha value is -0.560. The average Bonchev–Trinajstić information content (AvgIpc) is 2.54. The third-order valence-corrected chi connectivity index (χ3v) is 2.72. The fourth-order valence-electron chi connectivity index (χ4n) is 1.13. The van der Waals surface area contributed by atoms with Crippen LogP contribution in [0.25, 0.3) is 0 Å². The van der Waals surface area contributed by atoms with Crippen LogP contribution in [0.15, 0.2) is 10.7 Å². The number of hydrogen-bond donors (Lipinski definition) is 0. The molecule has 0 spiro atoms. The molecule has 1 aromatic rings. The van der Waals surface area contributed by atoms with Crippen LogP contribution in [0.3, 0.4) is 0 Å². The Morgan fingerprint density at radius 1 is 1.47 bits per heavy atom. The zero-order valence-electron chi connectivity index (χ0n) is 9.59. The second kappa shape index (κ2) is 5.86. The van der Waals surface area contributed by atoms with Gasteiger partial charge >= 0.3 is 6.18 Å². The van der Waals surface area contributed by atoms with Crippen molar-refractivity contribution < 1.29 is 17.9 Å². The Bertz CT molecular complexity index is 363. The van der Waals surface area contributed by atoms with Gasteiger partial charge in [-0.25, -0.2) is 0 Å². The summed E-state index contributed by atoms with van der Waals surface area (Å²) in [7, 11) is 0. The summed E-state index contributed by atoms with van der Waals surface area (Å²) in [6.07, 6.45) is -3.32. The van der Waals surface area contributed by atoms with Gasteiger partial charge in [-0.05, 0) is 29.8 Å². The molecule has 0 amide bonds. The molecule has 0 aliphatic carbocycles. The molecule has 0 aromatic carbocycles. The maximum atomic E-state index is 11.9. The second-order valence-electron chi connectivity index (χ2n) is 3.92.